The standard InChI is InChI=1S/C24H23Br2N3O/c25-21-15-20(24(30)22(26)16-21)17-27-29-13-11-28(12-14-29)23(18-7-3-1-4-8-18)19-9-5-2-6-10-19/h1-10,15-17,23,30H,11-14H2. The Morgan fingerprint density at radius 3 is 1.97 bits per heavy atom. The highest BCUT2D eigenvalue weighted by molar-refractivity contribution is 9.11. The van der Waals surface area contributed by atoms with E-state index < -0.39 is 0 Å². The Bertz CT molecular complexity index is 964. The van der Waals surface area contributed by atoms with Gasteiger partial charge in [0.15, 0.2) is 0 Å². The van der Waals surface area contributed by atoms with Crippen molar-refractivity contribution in [2.75, 3.05) is 26.2 Å². The highest BCUT2D eigenvalue weighted by Gasteiger charge is 2.25. The van der Waals surface area contributed by atoms with Crippen LogP contribution in [0.4, 0.5) is 0 Å². The summed E-state index contributed by atoms with van der Waals surface area (Å²) in [6.45, 7) is 3.51. The third-order valence-corrected chi connectivity index (χ3v) is 6.37. The number of phenolic OH excluding ortho intramolecular Hbond substituents is 1. The second kappa shape index (κ2) is 9.77. The van der Waals surface area contributed by atoms with Gasteiger partial charge >= 0.3 is 0 Å². The van der Waals surface area contributed by atoms with Crippen molar-refractivity contribution in [1.29, 1.82) is 0 Å². The van der Waals surface area contributed by atoms with E-state index in [0.29, 0.717) is 10.0 Å². The Morgan fingerprint density at radius 2 is 1.40 bits per heavy atom. The van der Waals surface area contributed by atoms with E-state index in [0.717, 1.165) is 30.7 Å². The Hall–Kier alpha value is -2.15. The Kier molecular flexibility index (Phi) is 6.87. The number of rotatable bonds is 5. The predicted molar refractivity (Wildman–Crippen MR) is 129 cm³/mol. The van der Waals surface area contributed by atoms with Crippen LogP contribution in [0.25, 0.3) is 0 Å². The summed E-state index contributed by atoms with van der Waals surface area (Å²) in [5, 5.41) is 16.9. The number of hydrazone groups is 1. The maximum atomic E-state index is 10.2. The van der Waals surface area contributed by atoms with Crippen molar-refractivity contribution in [3.8, 4) is 5.75 Å². The quantitative estimate of drug-likeness (QED) is 0.434. The lowest BCUT2D eigenvalue weighted by Crippen LogP contribution is -2.45. The van der Waals surface area contributed by atoms with Crippen LogP contribution in [0.15, 0.2) is 86.8 Å². The van der Waals surface area contributed by atoms with Gasteiger partial charge in [0, 0.05) is 36.2 Å². The number of nitrogens with zero attached hydrogens (tertiary/aromatic N) is 3. The molecular formula is C24H23Br2N3O. The van der Waals surface area contributed by atoms with Gasteiger partial charge in [0.05, 0.1) is 16.7 Å². The van der Waals surface area contributed by atoms with Crippen LogP contribution >= 0.6 is 31.9 Å². The molecule has 1 fully saturated rings. The van der Waals surface area contributed by atoms with Crippen molar-refractivity contribution in [1.82, 2.24) is 9.91 Å². The second-order valence-electron chi connectivity index (χ2n) is 7.28. The Balaban J connectivity index is 1.48. The first-order valence-corrected chi connectivity index (χ1v) is 11.5. The van der Waals surface area contributed by atoms with Crippen LogP contribution in [0, 0.1) is 0 Å². The average molecular weight is 529 g/mol. The van der Waals surface area contributed by atoms with E-state index in [-0.39, 0.29) is 11.8 Å². The van der Waals surface area contributed by atoms with Gasteiger partial charge in [0.2, 0.25) is 0 Å². The molecule has 154 valence electrons. The van der Waals surface area contributed by atoms with E-state index in [9.17, 15) is 5.11 Å². The highest BCUT2D eigenvalue weighted by atomic mass is 79.9. The van der Waals surface area contributed by atoms with E-state index in [2.05, 4.69) is 108 Å². The van der Waals surface area contributed by atoms with Gasteiger partial charge in [-0.25, -0.2) is 0 Å². The van der Waals surface area contributed by atoms with Crippen LogP contribution in [0.5, 0.6) is 5.75 Å². The lowest BCUT2D eigenvalue weighted by molar-refractivity contribution is 0.113. The minimum absolute atomic E-state index is 0.203. The van der Waals surface area contributed by atoms with Crippen molar-refractivity contribution < 1.29 is 5.11 Å². The van der Waals surface area contributed by atoms with Crippen molar-refractivity contribution in [3.05, 3.63) is 98.4 Å². The second-order valence-corrected chi connectivity index (χ2v) is 9.05. The molecule has 0 aromatic heterocycles. The van der Waals surface area contributed by atoms with Crippen molar-refractivity contribution in [2.45, 2.75) is 6.04 Å². The van der Waals surface area contributed by atoms with Crippen LogP contribution < -0.4 is 0 Å². The first-order valence-electron chi connectivity index (χ1n) is 9.92. The van der Waals surface area contributed by atoms with Gasteiger partial charge in [-0.1, -0.05) is 76.6 Å². The van der Waals surface area contributed by atoms with Gasteiger partial charge in [0.1, 0.15) is 5.75 Å². The number of phenols is 1. The molecule has 6 heteroatoms. The lowest BCUT2D eigenvalue weighted by Gasteiger charge is -2.38. The van der Waals surface area contributed by atoms with E-state index in [1.807, 2.05) is 12.1 Å². The van der Waals surface area contributed by atoms with Crippen molar-refractivity contribution >= 4 is 38.1 Å². The molecule has 0 atom stereocenters. The molecule has 1 heterocycles. The molecule has 0 aliphatic carbocycles. The molecule has 0 spiro atoms. The van der Waals surface area contributed by atoms with Gasteiger partial charge in [-0.15, -0.1) is 0 Å². The predicted octanol–water partition coefficient (Wildman–Crippen LogP) is 5.66. The molecule has 3 aromatic carbocycles. The molecule has 0 amide bonds. The number of hydrogen-bond donors (Lipinski definition) is 1. The molecule has 4 rings (SSSR count). The zero-order chi connectivity index (χ0) is 20.9. The third-order valence-electron chi connectivity index (χ3n) is 5.30. The fraction of sp³-hybridized carbons (Fsp3) is 0.208. The topological polar surface area (TPSA) is 39.1 Å². The Morgan fingerprint density at radius 1 is 0.833 bits per heavy atom. The molecule has 4 nitrogen and oxygen atoms in total. The summed E-state index contributed by atoms with van der Waals surface area (Å²) in [6, 6.07) is 25.3. The largest absolute Gasteiger partial charge is 0.506 e. The van der Waals surface area contributed by atoms with Crippen LogP contribution in [-0.4, -0.2) is 47.4 Å². The molecule has 0 unspecified atom stereocenters. The molecule has 1 aliphatic rings. The van der Waals surface area contributed by atoms with Gasteiger partial charge < -0.3 is 5.11 Å². The maximum absolute atomic E-state index is 10.2. The summed E-state index contributed by atoms with van der Waals surface area (Å²) >= 11 is 6.83. The fourth-order valence-corrected chi connectivity index (χ4v) is 5.06. The monoisotopic (exact) mass is 527 g/mol. The minimum atomic E-state index is 0.203. The normalized spacial score (nSPS) is 15.2. The molecule has 0 bridgehead atoms. The average Bonchev–Trinajstić information content (AvgIpc) is 2.78. The van der Waals surface area contributed by atoms with Crippen molar-refractivity contribution in [2.24, 2.45) is 5.10 Å². The zero-order valence-corrected chi connectivity index (χ0v) is 19.6. The zero-order valence-electron chi connectivity index (χ0n) is 16.5. The number of piperazine rings is 1. The fourth-order valence-electron chi connectivity index (χ4n) is 3.80. The molecule has 0 saturated carbocycles. The first kappa shape index (κ1) is 21.1. The van der Waals surface area contributed by atoms with E-state index >= 15 is 0 Å². The molecule has 30 heavy (non-hydrogen) atoms. The lowest BCUT2D eigenvalue weighted by atomic mass is 9.96. The van der Waals surface area contributed by atoms with Gasteiger partial charge in [0.25, 0.3) is 0 Å². The van der Waals surface area contributed by atoms with Gasteiger partial charge in [-0.2, -0.15) is 5.10 Å². The van der Waals surface area contributed by atoms with Crippen molar-refractivity contribution in [3.63, 3.8) is 0 Å². The number of benzene rings is 3. The van der Waals surface area contributed by atoms with E-state index in [1.165, 1.54) is 11.1 Å². The minimum Gasteiger partial charge on any atom is -0.506 e. The first-order chi connectivity index (χ1) is 14.6. The van der Waals surface area contributed by atoms with Gasteiger partial charge in [-0.3, -0.25) is 9.91 Å². The van der Waals surface area contributed by atoms with Crippen LogP contribution in [0.2, 0.25) is 0 Å². The Labute approximate surface area is 194 Å². The number of hydrogen-bond acceptors (Lipinski definition) is 4. The van der Waals surface area contributed by atoms with Gasteiger partial charge in [-0.05, 0) is 39.2 Å². The molecule has 1 N–H and O–H groups in total. The smallest absolute Gasteiger partial charge is 0.138 e. The van der Waals surface area contributed by atoms with Crippen LogP contribution in [0.1, 0.15) is 22.7 Å². The summed E-state index contributed by atoms with van der Waals surface area (Å²) in [4.78, 5) is 2.52. The maximum Gasteiger partial charge on any atom is 0.138 e. The van der Waals surface area contributed by atoms with E-state index in [4.69, 9.17) is 0 Å². The summed E-state index contributed by atoms with van der Waals surface area (Å²) < 4.78 is 1.55. The number of aromatic hydroxyl groups is 1. The molecule has 3 aromatic rings. The van der Waals surface area contributed by atoms with Crippen LogP contribution in [-0.2, 0) is 0 Å². The molecule has 1 aliphatic heterocycles. The molecule has 0 radical (unpaired) electrons. The summed E-state index contributed by atoms with van der Waals surface area (Å²) in [5.41, 5.74) is 3.30. The molecule has 1 saturated heterocycles. The van der Waals surface area contributed by atoms with Crippen LogP contribution in [0.3, 0.4) is 0 Å². The summed E-state index contributed by atoms with van der Waals surface area (Å²) in [7, 11) is 0. The summed E-state index contributed by atoms with van der Waals surface area (Å²) in [6.07, 6.45) is 1.73. The van der Waals surface area contributed by atoms with E-state index in [1.54, 1.807) is 6.21 Å². The highest BCUT2D eigenvalue weighted by Crippen LogP contribution is 2.31. The summed E-state index contributed by atoms with van der Waals surface area (Å²) in [5.74, 6) is 0.203. The number of halogens is 2. The third kappa shape index (κ3) is 4.94. The molecular weight excluding hydrogens is 506 g/mol. The SMILES string of the molecule is Oc1c(Br)cc(Br)cc1C=NN1CCN(C(c2ccccc2)c2ccccc2)CC1.